The van der Waals surface area contributed by atoms with Crippen LogP contribution in [0.1, 0.15) is 35.2 Å². The average Bonchev–Trinajstić information content (AvgIpc) is 3.30. The molecule has 2 N–H and O–H groups in total. The van der Waals surface area contributed by atoms with Crippen LogP contribution in [0.25, 0.3) is 10.9 Å². The van der Waals surface area contributed by atoms with Gasteiger partial charge < -0.3 is 15.2 Å². The Hall–Kier alpha value is -3.19. The fourth-order valence-corrected chi connectivity index (χ4v) is 5.26. The fraction of sp³-hybridized carbons (Fsp3) is 0.320. The number of nitrogens with zero attached hydrogens (tertiary/aromatic N) is 2. The number of piperidine rings is 1. The molecule has 6 nitrogen and oxygen atoms in total. The van der Waals surface area contributed by atoms with Crippen LogP contribution in [0.2, 0.25) is 5.02 Å². The lowest BCUT2D eigenvalue weighted by atomic mass is 10.00. The minimum Gasteiger partial charge on any atom is -0.366 e. The van der Waals surface area contributed by atoms with Crippen molar-refractivity contribution in [2.45, 2.75) is 44.3 Å². The molecular weight excluding hydrogens is 445 g/mol. The minimum atomic E-state index is -0.554. The van der Waals surface area contributed by atoms with Crippen molar-refractivity contribution in [3.8, 4) is 0 Å². The number of ketones is 1. The van der Waals surface area contributed by atoms with Crippen molar-refractivity contribution in [3.63, 3.8) is 0 Å². The Balaban J connectivity index is 1.33. The molecule has 1 aliphatic carbocycles. The van der Waals surface area contributed by atoms with Gasteiger partial charge in [-0.3, -0.25) is 14.4 Å². The highest BCUT2D eigenvalue weighted by Crippen LogP contribution is 2.48. The van der Waals surface area contributed by atoms with Gasteiger partial charge in [-0.2, -0.15) is 0 Å². The first-order valence-electron chi connectivity index (χ1n) is 11.0. The average molecular weight is 468 g/mol. The Morgan fingerprint density at radius 1 is 1.09 bits per heavy atom. The summed E-state index contributed by atoms with van der Waals surface area (Å²) < 4.78 is 15.9. The Bertz CT molecular complexity index is 1290. The Labute approximate surface area is 195 Å². The van der Waals surface area contributed by atoms with Gasteiger partial charge in [0.05, 0.1) is 16.6 Å². The predicted molar refractivity (Wildman–Crippen MR) is 122 cm³/mol. The van der Waals surface area contributed by atoms with Gasteiger partial charge in [-0.05, 0) is 42.9 Å². The summed E-state index contributed by atoms with van der Waals surface area (Å²) in [7, 11) is 0. The molecule has 0 unspecified atom stereocenters. The van der Waals surface area contributed by atoms with Crippen LogP contribution < -0.4 is 5.73 Å². The molecule has 170 valence electrons. The number of rotatable bonds is 7. The molecule has 3 atom stereocenters. The highest BCUT2D eigenvalue weighted by molar-refractivity contribution is 6.30. The first-order chi connectivity index (χ1) is 15.8. The highest BCUT2D eigenvalue weighted by Gasteiger charge is 2.55. The Morgan fingerprint density at radius 2 is 1.88 bits per heavy atom. The van der Waals surface area contributed by atoms with Crippen LogP contribution in [0.4, 0.5) is 4.39 Å². The number of amides is 2. The van der Waals surface area contributed by atoms with Crippen LogP contribution in [0.5, 0.6) is 0 Å². The van der Waals surface area contributed by atoms with Crippen LogP contribution in [0, 0.1) is 11.7 Å². The molecule has 1 saturated carbocycles. The van der Waals surface area contributed by atoms with Crippen LogP contribution >= 0.6 is 11.6 Å². The number of aromatic nitrogens is 1. The number of fused-ring (bicyclic) bond motifs is 2. The van der Waals surface area contributed by atoms with Gasteiger partial charge in [0.2, 0.25) is 5.91 Å². The smallest absolute Gasteiger partial charge is 0.250 e. The maximum absolute atomic E-state index is 14.2. The highest BCUT2D eigenvalue weighted by atomic mass is 35.5. The number of benzene rings is 2. The largest absolute Gasteiger partial charge is 0.366 e. The van der Waals surface area contributed by atoms with Crippen molar-refractivity contribution in [2.75, 3.05) is 0 Å². The van der Waals surface area contributed by atoms with Crippen molar-refractivity contribution in [1.29, 1.82) is 0 Å². The van der Waals surface area contributed by atoms with E-state index in [2.05, 4.69) is 0 Å². The molecule has 2 aliphatic rings. The van der Waals surface area contributed by atoms with Crippen LogP contribution in [0.3, 0.4) is 0 Å². The molecule has 5 rings (SSSR count). The summed E-state index contributed by atoms with van der Waals surface area (Å²) in [5.41, 5.74) is 7.01. The number of halogens is 2. The third-order valence-electron chi connectivity index (χ3n) is 6.80. The quantitative estimate of drug-likeness (QED) is 0.574. The number of aryl methyl sites for hydroxylation is 1. The van der Waals surface area contributed by atoms with Gasteiger partial charge in [-0.25, -0.2) is 4.39 Å². The number of likely N-dealkylation sites (tertiary alicyclic amines) is 1. The van der Waals surface area contributed by atoms with Gasteiger partial charge >= 0.3 is 0 Å². The maximum Gasteiger partial charge on any atom is 0.250 e. The van der Waals surface area contributed by atoms with Crippen LogP contribution in [-0.2, 0) is 22.6 Å². The lowest BCUT2D eigenvalue weighted by Crippen LogP contribution is -2.44. The second kappa shape index (κ2) is 8.30. The summed E-state index contributed by atoms with van der Waals surface area (Å²) in [6, 6.07) is 11.6. The number of carbonyl (C=O) groups excluding carboxylic acids is 3. The van der Waals surface area contributed by atoms with Gasteiger partial charge in [0, 0.05) is 29.6 Å². The number of Topliss-reactive ketones (excluding diaryl/α,β-unsaturated/α-hetero) is 1. The zero-order valence-corrected chi connectivity index (χ0v) is 18.6. The molecule has 2 amide bonds. The van der Waals surface area contributed by atoms with E-state index in [1.807, 2.05) is 18.2 Å². The number of nitrogens with two attached hydrogens (primary N) is 1. The normalized spacial score (nSPS) is 21.3. The van der Waals surface area contributed by atoms with Crippen molar-refractivity contribution < 1.29 is 18.8 Å². The van der Waals surface area contributed by atoms with Gasteiger partial charge in [-0.15, -0.1) is 0 Å². The fourth-order valence-electron chi connectivity index (χ4n) is 5.07. The number of primary amides is 1. The summed E-state index contributed by atoms with van der Waals surface area (Å²) in [5, 5.41) is 0.729. The third kappa shape index (κ3) is 3.91. The van der Waals surface area contributed by atoms with Gasteiger partial charge in [0.1, 0.15) is 12.4 Å². The standard InChI is InChI=1S/C25H23ClFN3O3/c26-18-6-3-4-14(24(18)27)8-9-22(31)21-11-15-10-20(15)30(21)23(32)13-29-12-17(25(28)33)16-5-1-2-7-19(16)29/h1-7,12,15,20-21H,8-11,13H2,(H2,28,33)/t15-,20-,21+/m1/s1. The van der Waals surface area contributed by atoms with E-state index in [0.29, 0.717) is 28.9 Å². The molecule has 0 spiro atoms. The van der Waals surface area contributed by atoms with E-state index in [9.17, 15) is 18.8 Å². The molecule has 1 aliphatic heterocycles. The van der Waals surface area contributed by atoms with Gasteiger partial charge in [-0.1, -0.05) is 41.9 Å². The number of hydrogen-bond acceptors (Lipinski definition) is 3. The van der Waals surface area contributed by atoms with E-state index in [4.69, 9.17) is 17.3 Å². The zero-order chi connectivity index (χ0) is 23.3. The summed E-state index contributed by atoms with van der Waals surface area (Å²) in [5.74, 6) is -0.941. The topological polar surface area (TPSA) is 85.4 Å². The summed E-state index contributed by atoms with van der Waals surface area (Å²) >= 11 is 5.84. The lowest BCUT2D eigenvalue weighted by Gasteiger charge is -2.27. The van der Waals surface area contributed by atoms with E-state index in [1.54, 1.807) is 33.9 Å². The summed E-state index contributed by atoms with van der Waals surface area (Å²) in [4.78, 5) is 39.9. The molecular formula is C25H23ClFN3O3. The molecule has 1 saturated heterocycles. The molecule has 0 radical (unpaired) electrons. The molecule has 33 heavy (non-hydrogen) atoms. The number of carbonyl (C=O) groups is 3. The van der Waals surface area contributed by atoms with E-state index < -0.39 is 17.8 Å². The van der Waals surface area contributed by atoms with E-state index >= 15 is 0 Å². The van der Waals surface area contributed by atoms with Gasteiger partial charge in [0.15, 0.2) is 5.78 Å². The first-order valence-corrected chi connectivity index (χ1v) is 11.4. The molecule has 8 heteroatoms. The van der Waals surface area contributed by atoms with Crippen molar-refractivity contribution in [3.05, 3.63) is 70.6 Å². The third-order valence-corrected chi connectivity index (χ3v) is 7.09. The molecule has 2 aromatic carbocycles. The van der Waals surface area contributed by atoms with Crippen molar-refractivity contribution >= 4 is 40.1 Å². The minimum absolute atomic E-state index is 0.0176. The predicted octanol–water partition coefficient (Wildman–Crippen LogP) is 3.72. The van der Waals surface area contributed by atoms with Crippen LogP contribution in [-0.4, -0.2) is 39.1 Å². The molecule has 2 heterocycles. The molecule has 1 aromatic heterocycles. The zero-order valence-electron chi connectivity index (χ0n) is 17.8. The Morgan fingerprint density at radius 3 is 2.67 bits per heavy atom. The molecule has 2 fully saturated rings. The van der Waals surface area contributed by atoms with Crippen LogP contribution in [0.15, 0.2) is 48.7 Å². The second-order valence-electron chi connectivity index (χ2n) is 8.85. The number of para-hydroxylation sites is 1. The molecule has 0 bridgehead atoms. The van der Waals surface area contributed by atoms with E-state index in [0.717, 1.165) is 11.9 Å². The Kier molecular flexibility index (Phi) is 5.44. The second-order valence-corrected chi connectivity index (χ2v) is 9.25. The van der Waals surface area contributed by atoms with Crippen molar-refractivity contribution in [2.24, 2.45) is 11.7 Å². The van der Waals surface area contributed by atoms with E-state index in [1.165, 1.54) is 6.07 Å². The maximum atomic E-state index is 14.2. The summed E-state index contributed by atoms with van der Waals surface area (Å²) in [6.45, 7) is 0.0176. The summed E-state index contributed by atoms with van der Waals surface area (Å²) in [6.07, 6.45) is 3.53. The first kappa shape index (κ1) is 21.6. The van der Waals surface area contributed by atoms with Crippen molar-refractivity contribution in [1.82, 2.24) is 9.47 Å². The van der Waals surface area contributed by atoms with E-state index in [-0.39, 0.29) is 42.1 Å². The lowest BCUT2D eigenvalue weighted by molar-refractivity contribution is -0.139. The monoisotopic (exact) mass is 467 g/mol. The SMILES string of the molecule is NC(=O)c1cn(CC(=O)N2[C@@H]3C[C@@H]3C[C@H]2C(=O)CCc2cccc(Cl)c2F)c2ccccc12. The number of hydrogen-bond donors (Lipinski definition) is 1. The molecule has 3 aromatic rings. The van der Waals surface area contributed by atoms with Gasteiger partial charge in [0.25, 0.3) is 5.91 Å².